The number of carbonyl (C=O) groups is 2. The molecular formula is C15H28ClN3O3S. The van der Waals surface area contributed by atoms with Gasteiger partial charge in [-0.1, -0.05) is 20.3 Å². The zero-order chi connectivity index (χ0) is 17.4. The van der Waals surface area contributed by atoms with Gasteiger partial charge >= 0.3 is 0 Å². The highest BCUT2D eigenvalue weighted by Gasteiger charge is 2.28. The van der Waals surface area contributed by atoms with E-state index in [9.17, 15) is 14.7 Å². The zero-order valence-corrected chi connectivity index (χ0v) is 15.3. The Morgan fingerprint density at radius 2 is 2.04 bits per heavy atom. The molecule has 0 radical (unpaired) electrons. The highest BCUT2D eigenvalue weighted by atomic mass is 35.5. The molecule has 1 aliphatic rings. The number of aliphatic hydroxyl groups is 1. The molecule has 0 heterocycles. The van der Waals surface area contributed by atoms with E-state index in [2.05, 4.69) is 24.7 Å². The van der Waals surface area contributed by atoms with Crippen molar-refractivity contribution >= 4 is 35.2 Å². The smallest absolute Gasteiger partial charge is 0.268 e. The summed E-state index contributed by atoms with van der Waals surface area (Å²) in [4.78, 5) is 23.8. The van der Waals surface area contributed by atoms with Gasteiger partial charge in [-0.25, -0.2) is 0 Å². The van der Waals surface area contributed by atoms with Crippen molar-refractivity contribution in [3.63, 3.8) is 0 Å². The molecule has 0 aromatic heterocycles. The van der Waals surface area contributed by atoms with Gasteiger partial charge in [0.15, 0.2) is 0 Å². The number of thioether (sulfide) groups is 1. The van der Waals surface area contributed by atoms with Crippen molar-refractivity contribution in [3.05, 3.63) is 0 Å². The van der Waals surface area contributed by atoms with Gasteiger partial charge in [-0.3, -0.25) is 20.4 Å². The van der Waals surface area contributed by atoms with Crippen LogP contribution in [0.5, 0.6) is 0 Å². The van der Waals surface area contributed by atoms with Crippen LogP contribution in [0.15, 0.2) is 0 Å². The minimum absolute atomic E-state index is 0.00710. The van der Waals surface area contributed by atoms with Crippen LogP contribution in [0.3, 0.4) is 0 Å². The second kappa shape index (κ2) is 10.4. The predicted molar refractivity (Wildman–Crippen MR) is 94.1 cm³/mol. The van der Waals surface area contributed by atoms with Gasteiger partial charge in [-0.05, 0) is 36.7 Å². The van der Waals surface area contributed by atoms with Gasteiger partial charge in [0.25, 0.3) is 5.91 Å². The van der Waals surface area contributed by atoms with Crippen molar-refractivity contribution in [2.75, 3.05) is 5.75 Å². The van der Waals surface area contributed by atoms with E-state index in [0.717, 1.165) is 25.0 Å². The summed E-state index contributed by atoms with van der Waals surface area (Å²) in [5.41, 5.74) is 10.4. The van der Waals surface area contributed by atoms with Gasteiger partial charge in [0, 0.05) is 17.3 Å². The topological polar surface area (TPSA) is 104 Å². The SMILES string of the molecule is CC(C)SCC[C@@H](N)[C@H](O)C(=O)NNC(=O)C1CCCC(Cl)C1. The molecule has 1 rings (SSSR count). The van der Waals surface area contributed by atoms with Crippen LogP contribution < -0.4 is 16.6 Å². The number of hydrogen-bond acceptors (Lipinski definition) is 5. The van der Waals surface area contributed by atoms with Crippen molar-refractivity contribution in [3.8, 4) is 0 Å². The van der Waals surface area contributed by atoms with E-state index >= 15 is 0 Å². The van der Waals surface area contributed by atoms with Crippen LogP contribution >= 0.6 is 23.4 Å². The van der Waals surface area contributed by atoms with Crippen molar-refractivity contribution in [1.82, 2.24) is 10.9 Å². The van der Waals surface area contributed by atoms with E-state index < -0.39 is 18.1 Å². The average Bonchev–Trinajstić information content (AvgIpc) is 2.50. The number of hydrogen-bond donors (Lipinski definition) is 4. The summed E-state index contributed by atoms with van der Waals surface area (Å²) in [6.07, 6.45) is 2.38. The number of nitrogens with two attached hydrogens (primary N) is 1. The van der Waals surface area contributed by atoms with E-state index in [0.29, 0.717) is 18.1 Å². The maximum Gasteiger partial charge on any atom is 0.268 e. The number of rotatable bonds is 7. The molecule has 0 spiro atoms. The summed E-state index contributed by atoms with van der Waals surface area (Å²) in [5.74, 6) is -0.368. The normalized spacial score (nSPS) is 24.1. The van der Waals surface area contributed by atoms with E-state index in [4.69, 9.17) is 17.3 Å². The Kier molecular flexibility index (Phi) is 9.27. The van der Waals surface area contributed by atoms with Crippen molar-refractivity contribution in [2.24, 2.45) is 11.7 Å². The zero-order valence-electron chi connectivity index (χ0n) is 13.8. The molecule has 4 atom stereocenters. The number of aliphatic hydroxyl groups excluding tert-OH is 1. The van der Waals surface area contributed by atoms with Crippen molar-refractivity contribution in [1.29, 1.82) is 0 Å². The van der Waals surface area contributed by atoms with Gasteiger partial charge < -0.3 is 10.8 Å². The second-order valence-electron chi connectivity index (χ2n) is 6.26. The number of alkyl halides is 1. The summed E-state index contributed by atoms with van der Waals surface area (Å²) in [6.45, 7) is 4.15. The third-order valence-corrected chi connectivity index (χ3v) is 5.40. The molecule has 2 amide bonds. The first-order valence-electron chi connectivity index (χ1n) is 8.10. The van der Waals surface area contributed by atoms with Gasteiger partial charge in [-0.2, -0.15) is 11.8 Å². The summed E-state index contributed by atoms with van der Waals surface area (Å²) >= 11 is 7.78. The molecule has 5 N–H and O–H groups in total. The number of hydrazine groups is 1. The number of amides is 2. The quantitative estimate of drug-likeness (QED) is 0.400. The van der Waals surface area contributed by atoms with Gasteiger partial charge in [0.05, 0.1) is 0 Å². The van der Waals surface area contributed by atoms with Crippen LogP contribution in [-0.4, -0.2) is 45.4 Å². The average molecular weight is 366 g/mol. The molecule has 1 saturated carbocycles. The lowest BCUT2D eigenvalue weighted by molar-refractivity contribution is -0.136. The molecule has 1 aliphatic carbocycles. The third kappa shape index (κ3) is 7.74. The lowest BCUT2D eigenvalue weighted by atomic mass is 9.88. The Balaban J connectivity index is 2.29. The maximum atomic E-state index is 12.0. The number of halogens is 1. The number of nitrogens with one attached hydrogen (secondary N) is 2. The van der Waals surface area contributed by atoms with E-state index in [-0.39, 0.29) is 17.2 Å². The highest BCUT2D eigenvalue weighted by molar-refractivity contribution is 7.99. The first kappa shape index (κ1) is 20.5. The van der Waals surface area contributed by atoms with Crippen LogP contribution in [0.1, 0.15) is 46.0 Å². The Morgan fingerprint density at radius 1 is 1.35 bits per heavy atom. The molecule has 0 bridgehead atoms. The fourth-order valence-corrected chi connectivity index (χ4v) is 3.71. The Bertz CT molecular complexity index is 398. The monoisotopic (exact) mass is 365 g/mol. The Hall–Kier alpha value is -0.500. The van der Waals surface area contributed by atoms with Crippen LogP contribution in [-0.2, 0) is 9.59 Å². The van der Waals surface area contributed by atoms with E-state index in [1.54, 1.807) is 11.8 Å². The summed E-state index contributed by atoms with van der Waals surface area (Å²) in [6, 6.07) is -0.653. The van der Waals surface area contributed by atoms with Crippen LogP contribution in [0, 0.1) is 5.92 Å². The molecular weight excluding hydrogens is 338 g/mol. The Morgan fingerprint density at radius 3 is 2.65 bits per heavy atom. The summed E-state index contributed by atoms with van der Waals surface area (Å²) in [7, 11) is 0. The third-order valence-electron chi connectivity index (χ3n) is 3.87. The molecule has 8 heteroatoms. The lowest BCUT2D eigenvalue weighted by Gasteiger charge is -2.25. The lowest BCUT2D eigenvalue weighted by Crippen LogP contribution is -2.53. The molecule has 2 unspecified atom stereocenters. The molecule has 23 heavy (non-hydrogen) atoms. The highest BCUT2D eigenvalue weighted by Crippen LogP contribution is 2.27. The van der Waals surface area contributed by atoms with Crippen LogP contribution in [0.2, 0.25) is 0 Å². The number of carbonyl (C=O) groups excluding carboxylic acids is 2. The van der Waals surface area contributed by atoms with Crippen molar-refractivity contribution in [2.45, 2.75) is 68.7 Å². The van der Waals surface area contributed by atoms with Crippen LogP contribution in [0.4, 0.5) is 0 Å². The van der Waals surface area contributed by atoms with E-state index in [1.165, 1.54) is 0 Å². The second-order valence-corrected chi connectivity index (χ2v) is 8.56. The van der Waals surface area contributed by atoms with Crippen LogP contribution in [0.25, 0.3) is 0 Å². The fraction of sp³-hybridized carbons (Fsp3) is 0.867. The fourth-order valence-electron chi connectivity index (χ4n) is 2.46. The van der Waals surface area contributed by atoms with Gasteiger partial charge in [-0.15, -0.1) is 11.6 Å². The van der Waals surface area contributed by atoms with Crippen molar-refractivity contribution < 1.29 is 14.7 Å². The summed E-state index contributed by atoms with van der Waals surface area (Å²) < 4.78 is 0. The largest absolute Gasteiger partial charge is 0.382 e. The summed E-state index contributed by atoms with van der Waals surface area (Å²) in [5, 5.41) is 10.4. The standard InChI is InChI=1S/C15H28ClN3O3S/c1-9(2)23-7-6-12(17)13(20)15(22)19-18-14(21)10-4-3-5-11(16)8-10/h9-13,20H,3-8,17H2,1-2H3,(H,18,21)(H,19,22)/t10?,11?,12-,13+/m1/s1. The van der Waals surface area contributed by atoms with Gasteiger partial charge in [0.2, 0.25) is 5.91 Å². The van der Waals surface area contributed by atoms with Gasteiger partial charge in [0.1, 0.15) is 6.10 Å². The first-order chi connectivity index (χ1) is 10.8. The molecule has 6 nitrogen and oxygen atoms in total. The molecule has 0 aromatic carbocycles. The minimum Gasteiger partial charge on any atom is -0.382 e. The first-order valence-corrected chi connectivity index (χ1v) is 9.58. The molecule has 134 valence electrons. The predicted octanol–water partition coefficient (Wildman–Crippen LogP) is 1.15. The molecule has 0 saturated heterocycles. The molecule has 1 fully saturated rings. The molecule has 0 aromatic rings. The minimum atomic E-state index is -1.34. The Labute approximate surface area is 147 Å². The van der Waals surface area contributed by atoms with E-state index in [1.807, 2.05) is 0 Å². The maximum absolute atomic E-state index is 12.0. The molecule has 0 aliphatic heterocycles.